The fourth-order valence-electron chi connectivity index (χ4n) is 1.85. The standard InChI is InChI=1S/C13H15NO2/c1-4-14-12-9(3)10-7-8(2)5-6-11(10)16-13(12)15/h5-7,14H,4H2,1-3H3. The maximum absolute atomic E-state index is 11.7. The quantitative estimate of drug-likeness (QED) is 0.786. The zero-order chi connectivity index (χ0) is 11.7. The molecule has 0 saturated heterocycles. The van der Waals surface area contributed by atoms with Crippen LogP contribution in [0.25, 0.3) is 11.0 Å². The number of fused-ring (bicyclic) bond motifs is 1. The average Bonchev–Trinajstić information content (AvgIpc) is 2.26. The largest absolute Gasteiger partial charge is 0.421 e. The summed E-state index contributed by atoms with van der Waals surface area (Å²) in [5.74, 6) is 0. The van der Waals surface area contributed by atoms with Gasteiger partial charge >= 0.3 is 5.63 Å². The molecule has 1 heterocycles. The van der Waals surface area contributed by atoms with E-state index in [4.69, 9.17) is 4.42 Å². The molecule has 1 aromatic carbocycles. The molecule has 0 spiro atoms. The van der Waals surface area contributed by atoms with Crippen LogP contribution in [0.4, 0.5) is 5.69 Å². The van der Waals surface area contributed by atoms with Gasteiger partial charge in [0, 0.05) is 11.9 Å². The molecule has 0 aliphatic carbocycles. The van der Waals surface area contributed by atoms with Crippen LogP contribution in [-0.2, 0) is 0 Å². The summed E-state index contributed by atoms with van der Waals surface area (Å²) in [4.78, 5) is 11.7. The molecule has 0 radical (unpaired) electrons. The minimum atomic E-state index is -0.296. The first-order valence-corrected chi connectivity index (χ1v) is 5.41. The van der Waals surface area contributed by atoms with E-state index in [0.29, 0.717) is 17.8 Å². The molecule has 2 rings (SSSR count). The Balaban J connectivity index is 2.79. The van der Waals surface area contributed by atoms with E-state index >= 15 is 0 Å². The van der Waals surface area contributed by atoms with Crippen LogP contribution in [0, 0.1) is 13.8 Å². The Labute approximate surface area is 94.1 Å². The van der Waals surface area contributed by atoms with Crippen molar-refractivity contribution in [3.63, 3.8) is 0 Å². The van der Waals surface area contributed by atoms with Crippen molar-refractivity contribution in [3.8, 4) is 0 Å². The van der Waals surface area contributed by atoms with Crippen molar-refractivity contribution in [2.24, 2.45) is 0 Å². The van der Waals surface area contributed by atoms with Crippen LogP contribution in [-0.4, -0.2) is 6.54 Å². The lowest BCUT2D eigenvalue weighted by Gasteiger charge is -2.08. The Hall–Kier alpha value is -1.77. The fourth-order valence-corrected chi connectivity index (χ4v) is 1.85. The molecule has 84 valence electrons. The van der Waals surface area contributed by atoms with Crippen LogP contribution in [0.1, 0.15) is 18.1 Å². The summed E-state index contributed by atoms with van der Waals surface area (Å²) >= 11 is 0. The lowest BCUT2D eigenvalue weighted by Crippen LogP contribution is -2.12. The highest BCUT2D eigenvalue weighted by Crippen LogP contribution is 2.22. The van der Waals surface area contributed by atoms with Crippen LogP contribution < -0.4 is 10.9 Å². The molecule has 0 atom stereocenters. The average molecular weight is 217 g/mol. The van der Waals surface area contributed by atoms with Crippen LogP contribution >= 0.6 is 0 Å². The molecule has 3 heteroatoms. The van der Waals surface area contributed by atoms with Gasteiger partial charge in [-0.25, -0.2) is 4.79 Å². The minimum absolute atomic E-state index is 0.296. The van der Waals surface area contributed by atoms with Gasteiger partial charge < -0.3 is 9.73 Å². The summed E-state index contributed by atoms with van der Waals surface area (Å²) in [7, 11) is 0. The molecule has 0 fully saturated rings. The summed E-state index contributed by atoms with van der Waals surface area (Å²) < 4.78 is 5.26. The van der Waals surface area contributed by atoms with Crippen molar-refractivity contribution < 1.29 is 4.42 Å². The molecule has 0 aliphatic heterocycles. The highest BCUT2D eigenvalue weighted by atomic mass is 16.4. The number of anilines is 1. The lowest BCUT2D eigenvalue weighted by atomic mass is 10.1. The molecule has 1 N–H and O–H groups in total. The second-order valence-corrected chi connectivity index (χ2v) is 3.92. The Morgan fingerprint density at radius 1 is 1.31 bits per heavy atom. The van der Waals surface area contributed by atoms with Crippen molar-refractivity contribution in [2.45, 2.75) is 20.8 Å². The zero-order valence-electron chi connectivity index (χ0n) is 9.76. The molecule has 0 amide bonds. The number of hydrogen-bond donors (Lipinski definition) is 1. The molecule has 1 aromatic heterocycles. The Morgan fingerprint density at radius 3 is 2.75 bits per heavy atom. The third kappa shape index (κ3) is 1.69. The molecule has 0 bridgehead atoms. The van der Waals surface area contributed by atoms with E-state index in [1.54, 1.807) is 0 Å². The van der Waals surface area contributed by atoms with E-state index in [9.17, 15) is 4.79 Å². The first-order chi connectivity index (χ1) is 7.63. The van der Waals surface area contributed by atoms with Crippen LogP contribution in [0.3, 0.4) is 0 Å². The summed E-state index contributed by atoms with van der Waals surface area (Å²) in [6.45, 7) is 6.63. The highest BCUT2D eigenvalue weighted by molar-refractivity contribution is 5.84. The van der Waals surface area contributed by atoms with E-state index < -0.39 is 0 Å². The monoisotopic (exact) mass is 217 g/mol. The maximum atomic E-state index is 11.7. The molecular formula is C13H15NO2. The van der Waals surface area contributed by atoms with Gasteiger partial charge in [-0.3, -0.25) is 0 Å². The van der Waals surface area contributed by atoms with Crippen molar-refractivity contribution >= 4 is 16.7 Å². The molecule has 0 unspecified atom stereocenters. The van der Waals surface area contributed by atoms with Gasteiger partial charge in [-0.05, 0) is 38.5 Å². The second-order valence-electron chi connectivity index (χ2n) is 3.92. The summed E-state index contributed by atoms with van der Waals surface area (Å²) in [6.07, 6.45) is 0. The van der Waals surface area contributed by atoms with Gasteiger partial charge in [0.15, 0.2) is 0 Å². The van der Waals surface area contributed by atoms with E-state index in [1.807, 2.05) is 39.0 Å². The summed E-state index contributed by atoms with van der Waals surface area (Å²) in [6, 6.07) is 5.82. The van der Waals surface area contributed by atoms with Crippen LogP contribution in [0.2, 0.25) is 0 Å². The number of nitrogens with one attached hydrogen (secondary N) is 1. The summed E-state index contributed by atoms with van der Waals surface area (Å²) in [5.41, 5.74) is 3.04. The predicted molar refractivity (Wildman–Crippen MR) is 66.1 cm³/mol. The lowest BCUT2D eigenvalue weighted by molar-refractivity contribution is 0.562. The first kappa shape index (κ1) is 10.7. The number of hydrogen-bond acceptors (Lipinski definition) is 3. The second kappa shape index (κ2) is 4.00. The van der Waals surface area contributed by atoms with E-state index in [0.717, 1.165) is 16.5 Å². The SMILES string of the molecule is CCNc1c(C)c2cc(C)ccc2oc1=O. The number of rotatable bonds is 2. The van der Waals surface area contributed by atoms with Gasteiger partial charge in [-0.1, -0.05) is 11.6 Å². The van der Waals surface area contributed by atoms with E-state index in [2.05, 4.69) is 5.32 Å². The highest BCUT2D eigenvalue weighted by Gasteiger charge is 2.09. The first-order valence-electron chi connectivity index (χ1n) is 5.41. The Morgan fingerprint density at radius 2 is 2.06 bits per heavy atom. The maximum Gasteiger partial charge on any atom is 0.360 e. The third-order valence-corrected chi connectivity index (χ3v) is 2.67. The van der Waals surface area contributed by atoms with Crippen molar-refractivity contribution in [2.75, 3.05) is 11.9 Å². The molecule has 16 heavy (non-hydrogen) atoms. The Kier molecular flexibility index (Phi) is 2.69. The molecule has 2 aromatic rings. The number of benzene rings is 1. The van der Waals surface area contributed by atoms with Crippen molar-refractivity contribution in [1.29, 1.82) is 0 Å². The molecule has 3 nitrogen and oxygen atoms in total. The normalized spacial score (nSPS) is 10.7. The smallest absolute Gasteiger partial charge is 0.360 e. The van der Waals surface area contributed by atoms with Crippen molar-refractivity contribution in [1.82, 2.24) is 0 Å². The third-order valence-electron chi connectivity index (χ3n) is 2.67. The van der Waals surface area contributed by atoms with Crippen LogP contribution in [0.5, 0.6) is 0 Å². The van der Waals surface area contributed by atoms with Gasteiger partial charge in [0.1, 0.15) is 11.3 Å². The molecule has 0 saturated carbocycles. The van der Waals surface area contributed by atoms with Gasteiger partial charge in [-0.2, -0.15) is 0 Å². The minimum Gasteiger partial charge on any atom is -0.421 e. The van der Waals surface area contributed by atoms with Gasteiger partial charge in [0.05, 0.1) is 0 Å². The molecule has 0 aliphatic rings. The van der Waals surface area contributed by atoms with E-state index in [-0.39, 0.29) is 5.63 Å². The number of aryl methyl sites for hydroxylation is 2. The predicted octanol–water partition coefficient (Wildman–Crippen LogP) is 2.84. The fraction of sp³-hybridized carbons (Fsp3) is 0.308. The van der Waals surface area contributed by atoms with E-state index in [1.165, 1.54) is 0 Å². The Bertz CT molecular complexity index is 584. The van der Waals surface area contributed by atoms with Gasteiger partial charge in [0.2, 0.25) is 0 Å². The van der Waals surface area contributed by atoms with Crippen molar-refractivity contribution in [3.05, 3.63) is 39.7 Å². The topological polar surface area (TPSA) is 42.2 Å². The van der Waals surface area contributed by atoms with Crippen LogP contribution in [0.15, 0.2) is 27.4 Å². The van der Waals surface area contributed by atoms with Gasteiger partial charge in [0.25, 0.3) is 0 Å². The zero-order valence-corrected chi connectivity index (χ0v) is 9.76. The summed E-state index contributed by atoms with van der Waals surface area (Å²) in [5, 5.41) is 4.05. The molecular weight excluding hydrogens is 202 g/mol. The van der Waals surface area contributed by atoms with Gasteiger partial charge in [-0.15, -0.1) is 0 Å².